The lowest BCUT2D eigenvalue weighted by atomic mass is 9.41. The van der Waals surface area contributed by atoms with Crippen LogP contribution in [-0.2, 0) is 0 Å². The van der Waals surface area contributed by atoms with E-state index in [1.54, 1.807) is 0 Å². The van der Waals surface area contributed by atoms with Gasteiger partial charge in [0, 0.05) is 0 Å². The van der Waals surface area contributed by atoms with Gasteiger partial charge in [0.2, 0.25) is 0 Å². The maximum atomic E-state index is 10.2. The molecule has 0 aromatic rings. The Morgan fingerprint density at radius 2 is 1.50 bits per heavy atom. The summed E-state index contributed by atoms with van der Waals surface area (Å²) in [7, 11) is 0. The number of hydrogen-bond acceptors (Lipinski definition) is 1. The van der Waals surface area contributed by atoms with E-state index in [0.29, 0.717) is 5.92 Å². The third-order valence-electron chi connectivity index (χ3n) is 6.36. The lowest BCUT2D eigenvalue weighted by Crippen LogP contribution is -2.61. The maximum absolute atomic E-state index is 10.2. The molecule has 14 heavy (non-hydrogen) atoms. The second-order valence-electron chi connectivity index (χ2n) is 6.30. The average Bonchev–Trinajstić information content (AvgIpc) is 2.65. The van der Waals surface area contributed by atoms with Crippen molar-refractivity contribution in [3.63, 3.8) is 0 Å². The van der Waals surface area contributed by atoms with Crippen LogP contribution in [0.3, 0.4) is 0 Å². The fraction of sp³-hybridized carbons (Fsp3) is 0.846. The van der Waals surface area contributed by atoms with Gasteiger partial charge in [-0.2, -0.15) is 0 Å². The van der Waals surface area contributed by atoms with Gasteiger partial charge in [-0.05, 0) is 60.2 Å². The number of fused-ring (bicyclic) bond motifs is 2. The molecule has 1 heteroatoms. The minimum absolute atomic E-state index is 0.0462. The Kier molecular flexibility index (Phi) is 0.929. The maximum Gasteiger partial charge on any atom is 0.0579 e. The van der Waals surface area contributed by atoms with Crippen LogP contribution >= 0.6 is 0 Å². The molecule has 1 N–H and O–H groups in total. The van der Waals surface area contributed by atoms with E-state index in [0.717, 1.165) is 47.8 Å². The molecule has 0 aromatic carbocycles. The van der Waals surface area contributed by atoms with E-state index in [9.17, 15) is 5.11 Å². The van der Waals surface area contributed by atoms with Crippen molar-refractivity contribution in [2.75, 3.05) is 0 Å². The standard InChI is InChI=1S/C13H16O/c14-10-4-8-6-2-1-5-7-3-9(11(5)10)13(8)12(6)7/h1-2,5-14H,3-4H2. The molecule has 4 saturated carbocycles. The highest BCUT2D eigenvalue weighted by atomic mass is 16.3. The molecule has 74 valence electrons. The number of hydrogen-bond donors (Lipinski definition) is 1. The zero-order valence-electron chi connectivity index (χ0n) is 8.21. The monoisotopic (exact) mass is 188 g/mol. The molecule has 4 fully saturated rings. The van der Waals surface area contributed by atoms with Gasteiger partial charge in [0.25, 0.3) is 0 Å². The van der Waals surface area contributed by atoms with Crippen LogP contribution in [0, 0.1) is 47.3 Å². The van der Waals surface area contributed by atoms with E-state index >= 15 is 0 Å². The minimum atomic E-state index is 0.0462. The van der Waals surface area contributed by atoms with Crippen molar-refractivity contribution in [2.24, 2.45) is 47.3 Å². The fourth-order valence-corrected chi connectivity index (χ4v) is 6.23. The van der Waals surface area contributed by atoms with Gasteiger partial charge in [0.05, 0.1) is 6.10 Å². The van der Waals surface area contributed by atoms with Crippen molar-refractivity contribution in [3.8, 4) is 0 Å². The van der Waals surface area contributed by atoms with E-state index in [-0.39, 0.29) is 6.10 Å². The summed E-state index contributed by atoms with van der Waals surface area (Å²) in [4.78, 5) is 0. The van der Waals surface area contributed by atoms with Crippen molar-refractivity contribution in [1.29, 1.82) is 0 Å². The summed E-state index contributed by atoms with van der Waals surface area (Å²) in [6, 6.07) is 0. The van der Waals surface area contributed by atoms with Gasteiger partial charge < -0.3 is 5.11 Å². The lowest BCUT2D eigenvalue weighted by molar-refractivity contribution is -0.162. The third-order valence-corrected chi connectivity index (χ3v) is 6.36. The Bertz CT molecular complexity index is 347. The summed E-state index contributed by atoms with van der Waals surface area (Å²) in [5.74, 6) is 7.19. The molecule has 5 aliphatic rings. The lowest BCUT2D eigenvalue weighted by Gasteiger charge is -2.64. The molecular weight excluding hydrogens is 172 g/mol. The first-order valence-electron chi connectivity index (χ1n) is 6.22. The van der Waals surface area contributed by atoms with E-state index < -0.39 is 0 Å². The van der Waals surface area contributed by atoms with E-state index in [1.807, 2.05) is 0 Å². The Labute approximate surface area is 84.2 Å². The Hall–Kier alpha value is -0.300. The molecule has 9 unspecified atom stereocenters. The summed E-state index contributed by atoms with van der Waals surface area (Å²) < 4.78 is 0. The van der Waals surface area contributed by atoms with Crippen molar-refractivity contribution >= 4 is 0 Å². The first kappa shape index (κ1) is 7.05. The molecule has 1 nitrogen and oxygen atoms in total. The van der Waals surface area contributed by atoms with Crippen LogP contribution in [0.15, 0.2) is 12.2 Å². The molecule has 5 aliphatic carbocycles. The topological polar surface area (TPSA) is 20.2 Å². The largest absolute Gasteiger partial charge is 0.393 e. The normalized spacial score (nSPS) is 75.4. The van der Waals surface area contributed by atoms with Gasteiger partial charge in [-0.25, -0.2) is 0 Å². The predicted molar refractivity (Wildman–Crippen MR) is 52.3 cm³/mol. The van der Waals surface area contributed by atoms with Crippen LogP contribution in [0.25, 0.3) is 0 Å². The average molecular weight is 188 g/mol. The van der Waals surface area contributed by atoms with Gasteiger partial charge >= 0.3 is 0 Å². The van der Waals surface area contributed by atoms with Crippen LogP contribution in [0.5, 0.6) is 0 Å². The van der Waals surface area contributed by atoms with Crippen LogP contribution in [-0.4, -0.2) is 11.2 Å². The van der Waals surface area contributed by atoms with Crippen molar-refractivity contribution in [3.05, 3.63) is 12.2 Å². The Morgan fingerprint density at radius 1 is 0.786 bits per heavy atom. The molecule has 0 radical (unpaired) electrons. The SMILES string of the molecule is OC1CC2C3C=CC4C5CC(C14)C2C35. The number of rotatable bonds is 0. The van der Waals surface area contributed by atoms with Crippen LogP contribution < -0.4 is 0 Å². The van der Waals surface area contributed by atoms with E-state index in [1.165, 1.54) is 6.42 Å². The summed E-state index contributed by atoms with van der Waals surface area (Å²) in [6.07, 6.45) is 7.61. The van der Waals surface area contributed by atoms with Gasteiger partial charge in [-0.15, -0.1) is 0 Å². The molecule has 0 aliphatic heterocycles. The Balaban J connectivity index is 1.79. The molecule has 9 atom stereocenters. The molecule has 0 heterocycles. The molecule has 5 rings (SSSR count). The predicted octanol–water partition coefficient (Wildman–Crippen LogP) is 1.68. The first-order valence-corrected chi connectivity index (χ1v) is 6.22. The summed E-state index contributed by atoms with van der Waals surface area (Å²) in [5, 5.41) is 10.2. The van der Waals surface area contributed by atoms with Crippen LogP contribution in [0.4, 0.5) is 0 Å². The highest BCUT2D eigenvalue weighted by Gasteiger charge is 2.72. The molecule has 0 aromatic heterocycles. The number of aliphatic hydroxyl groups excluding tert-OH is 1. The van der Waals surface area contributed by atoms with Crippen molar-refractivity contribution in [1.82, 2.24) is 0 Å². The highest BCUT2D eigenvalue weighted by molar-refractivity contribution is 5.28. The number of allylic oxidation sites excluding steroid dienone is 2. The first-order chi connectivity index (χ1) is 6.86. The van der Waals surface area contributed by atoms with Crippen LogP contribution in [0.2, 0.25) is 0 Å². The molecule has 2 bridgehead atoms. The van der Waals surface area contributed by atoms with Gasteiger partial charge in [0.15, 0.2) is 0 Å². The number of aliphatic hydroxyl groups is 1. The second-order valence-corrected chi connectivity index (χ2v) is 6.30. The van der Waals surface area contributed by atoms with Crippen molar-refractivity contribution < 1.29 is 5.11 Å². The Morgan fingerprint density at radius 3 is 2.36 bits per heavy atom. The van der Waals surface area contributed by atoms with E-state index in [4.69, 9.17) is 0 Å². The molecule has 0 spiro atoms. The molecule has 0 saturated heterocycles. The van der Waals surface area contributed by atoms with Gasteiger partial charge in [0.1, 0.15) is 0 Å². The van der Waals surface area contributed by atoms with Crippen LogP contribution in [0.1, 0.15) is 12.8 Å². The summed E-state index contributed by atoms with van der Waals surface area (Å²) >= 11 is 0. The van der Waals surface area contributed by atoms with Gasteiger partial charge in [-0.3, -0.25) is 0 Å². The van der Waals surface area contributed by atoms with Crippen molar-refractivity contribution in [2.45, 2.75) is 18.9 Å². The second kappa shape index (κ2) is 1.84. The van der Waals surface area contributed by atoms with Gasteiger partial charge in [-0.1, -0.05) is 12.2 Å². The zero-order valence-corrected chi connectivity index (χ0v) is 8.21. The molecular formula is C13H16O. The van der Waals surface area contributed by atoms with E-state index in [2.05, 4.69) is 12.2 Å². The quantitative estimate of drug-likeness (QED) is 0.573. The minimum Gasteiger partial charge on any atom is -0.393 e. The fourth-order valence-electron chi connectivity index (χ4n) is 6.23. The summed E-state index contributed by atoms with van der Waals surface area (Å²) in [5.41, 5.74) is 0. The highest BCUT2D eigenvalue weighted by Crippen LogP contribution is 2.75. The summed E-state index contributed by atoms with van der Waals surface area (Å²) in [6.45, 7) is 0. The zero-order chi connectivity index (χ0) is 9.02. The molecule has 0 amide bonds. The smallest absolute Gasteiger partial charge is 0.0579 e. The third kappa shape index (κ3) is 0.482.